The molecule has 1 N–H and O–H groups in total. The van der Waals surface area contributed by atoms with Crippen LogP contribution in [-0.4, -0.2) is 43.9 Å². The molecular formula is C13H19FN2S. The molecule has 2 rings (SSSR count). The number of thioether (sulfide) groups is 1. The Kier molecular flexibility index (Phi) is 4.83. The van der Waals surface area contributed by atoms with E-state index < -0.39 is 0 Å². The summed E-state index contributed by atoms with van der Waals surface area (Å²) in [6.45, 7) is 5.37. The zero-order chi connectivity index (χ0) is 12.1. The van der Waals surface area contributed by atoms with Crippen molar-refractivity contribution in [3.63, 3.8) is 0 Å². The summed E-state index contributed by atoms with van der Waals surface area (Å²) < 4.78 is 13.6. The number of nitrogens with zero attached hydrogens (tertiary/aromatic N) is 1. The van der Waals surface area contributed by atoms with Crippen LogP contribution in [0, 0.1) is 5.82 Å². The van der Waals surface area contributed by atoms with Crippen LogP contribution < -0.4 is 5.32 Å². The van der Waals surface area contributed by atoms with Crippen molar-refractivity contribution in [2.75, 3.05) is 39.0 Å². The first-order chi connectivity index (χ1) is 8.29. The maximum Gasteiger partial charge on any atom is 0.137 e. The van der Waals surface area contributed by atoms with Gasteiger partial charge in [0.05, 0.1) is 0 Å². The normalized spacial score (nSPS) is 17.3. The van der Waals surface area contributed by atoms with Crippen molar-refractivity contribution >= 4 is 11.8 Å². The van der Waals surface area contributed by atoms with Crippen LogP contribution in [0.15, 0.2) is 23.1 Å². The lowest BCUT2D eigenvalue weighted by Gasteiger charge is -2.27. The molecule has 0 bridgehead atoms. The Labute approximate surface area is 107 Å². The van der Waals surface area contributed by atoms with E-state index in [9.17, 15) is 4.39 Å². The van der Waals surface area contributed by atoms with Crippen LogP contribution in [0.25, 0.3) is 0 Å². The van der Waals surface area contributed by atoms with E-state index >= 15 is 0 Å². The highest BCUT2D eigenvalue weighted by Gasteiger charge is 2.09. The third kappa shape index (κ3) is 3.69. The molecule has 1 heterocycles. The topological polar surface area (TPSA) is 15.3 Å². The number of piperazine rings is 1. The van der Waals surface area contributed by atoms with Crippen molar-refractivity contribution in [1.82, 2.24) is 10.2 Å². The second-order valence-corrected chi connectivity index (χ2v) is 5.16. The standard InChI is InChI=1S/C13H19FN2S/c1-17-13-3-2-11(10-12(13)14)4-7-16-8-5-15-6-9-16/h2-3,10,15H,4-9H2,1H3. The molecule has 0 saturated carbocycles. The Morgan fingerprint density at radius 1 is 1.35 bits per heavy atom. The van der Waals surface area contributed by atoms with Crippen molar-refractivity contribution in [3.05, 3.63) is 29.6 Å². The van der Waals surface area contributed by atoms with Gasteiger partial charge < -0.3 is 10.2 Å². The molecule has 0 spiro atoms. The molecule has 4 heteroatoms. The highest BCUT2D eigenvalue weighted by atomic mass is 32.2. The van der Waals surface area contributed by atoms with Crippen LogP contribution in [0.1, 0.15) is 5.56 Å². The van der Waals surface area contributed by atoms with Crippen molar-refractivity contribution in [2.45, 2.75) is 11.3 Å². The van der Waals surface area contributed by atoms with Crippen LogP contribution in [0.2, 0.25) is 0 Å². The van der Waals surface area contributed by atoms with Crippen LogP contribution >= 0.6 is 11.8 Å². The van der Waals surface area contributed by atoms with Gasteiger partial charge in [-0.3, -0.25) is 0 Å². The SMILES string of the molecule is CSc1ccc(CCN2CCNCC2)cc1F. The minimum Gasteiger partial charge on any atom is -0.314 e. The predicted molar refractivity (Wildman–Crippen MR) is 71.2 cm³/mol. The van der Waals surface area contributed by atoms with Gasteiger partial charge in [-0.25, -0.2) is 4.39 Å². The molecule has 0 aromatic heterocycles. The van der Waals surface area contributed by atoms with Gasteiger partial charge in [-0.1, -0.05) is 6.07 Å². The minimum absolute atomic E-state index is 0.0877. The lowest BCUT2D eigenvalue weighted by molar-refractivity contribution is 0.244. The number of hydrogen-bond acceptors (Lipinski definition) is 3. The van der Waals surface area contributed by atoms with E-state index in [1.54, 1.807) is 6.07 Å². The van der Waals surface area contributed by atoms with Gasteiger partial charge in [-0.2, -0.15) is 0 Å². The van der Waals surface area contributed by atoms with Gasteiger partial charge in [0, 0.05) is 37.6 Å². The summed E-state index contributed by atoms with van der Waals surface area (Å²) in [6, 6.07) is 5.60. The Hall–Kier alpha value is -0.580. The molecular weight excluding hydrogens is 235 g/mol. The molecule has 0 amide bonds. The van der Waals surface area contributed by atoms with Gasteiger partial charge >= 0.3 is 0 Å². The molecule has 2 nitrogen and oxygen atoms in total. The third-order valence-corrected chi connectivity index (χ3v) is 3.91. The third-order valence-electron chi connectivity index (χ3n) is 3.14. The lowest BCUT2D eigenvalue weighted by Crippen LogP contribution is -2.44. The first-order valence-corrected chi connectivity index (χ1v) is 7.27. The Morgan fingerprint density at radius 3 is 2.76 bits per heavy atom. The summed E-state index contributed by atoms with van der Waals surface area (Å²) in [6.07, 6.45) is 2.84. The molecule has 0 unspecified atom stereocenters. The second-order valence-electron chi connectivity index (χ2n) is 4.31. The molecule has 1 aliphatic heterocycles. The molecule has 1 fully saturated rings. The van der Waals surface area contributed by atoms with Gasteiger partial charge in [-0.15, -0.1) is 11.8 Å². The van der Waals surface area contributed by atoms with Crippen LogP contribution in [0.4, 0.5) is 4.39 Å². The summed E-state index contributed by atoms with van der Waals surface area (Å²) in [4.78, 5) is 3.16. The first-order valence-electron chi connectivity index (χ1n) is 6.05. The number of benzene rings is 1. The van der Waals surface area contributed by atoms with Gasteiger partial charge in [0.2, 0.25) is 0 Å². The van der Waals surface area contributed by atoms with E-state index in [4.69, 9.17) is 0 Å². The lowest BCUT2D eigenvalue weighted by atomic mass is 10.1. The van der Waals surface area contributed by atoms with E-state index in [-0.39, 0.29) is 5.82 Å². The van der Waals surface area contributed by atoms with Crippen molar-refractivity contribution in [1.29, 1.82) is 0 Å². The average Bonchev–Trinajstić information content (AvgIpc) is 2.38. The Morgan fingerprint density at radius 2 is 2.12 bits per heavy atom. The van der Waals surface area contributed by atoms with Crippen molar-refractivity contribution < 1.29 is 4.39 Å². The molecule has 1 aliphatic rings. The smallest absolute Gasteiger partial charge is 0.137 e. The molecule has 17 heavy (non-hydrogen) atoms. The fraction of sp³-hybridized carbons (Fsp3) is 0.538. The number of halogens is 1. The maximum atomic E-state index is 13.6. The van der Waals surface area contributed by atoms with E-state index in [0.717, 1.165) is 49.6 Å². The van der Waals surface area contributed by atoms with Gasteiger partial charge in [0.25, 0.3) is 0 Å². The quantitative estimate of drug-likeness (QED) is 0.827. The predicted octanol–water partition coefficient (Wildman–Crippen LogP) is 2.00. The van der Waals surface area contributed by atoms with Crippen LogP contribution in [0.3, 0.4) is 0 Å². The molecule has 94 valence electrons. The summed E-state index contributed by atoms with van der Waals surface area (Å²) in [5.41, 5.74) is 1.10. The largest absolute Gasteiger partial charge is 0.314 e. The van der Waals surface area contributed by atoms with Crippen LogP contribution in [0.5, 0.6) is 0 Å². The van der Waals surface area contributed by atoms with E-state index in [2.05, 4.69) is 10.2 Å². The molecule has 1 saturated heterocycles. The van der Waals surface area contributed by atoms with E-state index in [1.165, 1.54) is 11.8 Å². The molecule has 1 aromatic carbocycles. The number of rotatable bonds is 4. The highest BCUT2D eigenvalue weighted by Crippen LogP contribution is 2.20. The first kappa shape index (κ1) is 12.9. The van der Waals surface area contributed by atoms with E-state index in [0.29, 0.717) is 0 Å². The molecule has 0 aliphatic carbocycles. The van der Waals surface area contributed by atoms with Crippen molar-refractivity contribution in [2.24, 2.45) is 0 Å². The summed E-state index contributed by atoms with van der Waals surface area (Å²) in [7, 11) is 0. The molecule has 1 aromatic rings. The molecule has 0 radical (unpaired) electrons. The fourth-order valence-corrected chi connectivity index (χ4v) is 2.55. The van der Waals surface area contributed by atoms with Gasteiger partial charge in [0.15, 0.2) is 0 Å². The van der Waals surface area contributed by atoms with Crippen molar-refractivity contribution in [3.8, 4) is 0 Å². The van der Waals surface area contributed by atoms with E-state index in [1.807, 2.05) is 18.4 Å². The number of hydrogen-bond donors (Lipinski definition) is 1. The monoisotopic (exact) mass is 254 g/mol. The summed E-state index contributed by atoms with van der Waals surface area (Å²) in [5.74, 6) is -0.0877. The average molecular weight is 254 g/mol. The van der Waals surface area contributed by atoms with Gasteiger partial charge in [-0.05, 0) is 30.4 Å². The maximum absolute atomic E-state index is 13.6. The molecule has 0 atom stereocenters. The van der Waals surface area contributed by atoms with Gasteiger partial charge in [0.1, 0.15) is 5.82 Å². The second kappa shape index (κ2) is 6.38. The zero-order valence-corrected chi connectivity index (χ0v) is 11.0. The number of nitrogens with one attached hydrogen (secondary N) is 1. The summed E-state index contributed by atoms with van der Waals surface area (Å²) in [5, 5.41) is 3.33. The fourth-order valence-electron chi connectivity index (χ4n) is 2.09. The highest BCUT2D eigenvalue weighted by molar-refractivity contribution is 7.98. The Bertz CT molecular complexity index is 364. The summed E-state index contributed by atoms with van der Waals surface area (Å²) >= 11 is 1.46. The van der Waals surface area contributed by atoms with Crippen LogP contribution in [-0.2, 0) is 6.42 Å². The minimum atomic E-state index is -0.0877. The zero-order valence-electron chi connectivity index (χ0n) is 10.2. The Balaban J connectivity index is 1.87.